The van der Waals surface area contributed by atoms with Crippen molar-refractivity contribution < 1.29 is 24.0 Å². The molecule has 0 aliphatic rings. The van der Waals surface area contributed by atoms with E-state index in [0.717, 1.165) is 55.8 Å². The third kappa shape index (κ3) is 6.18. The summed E-state index contributed by atoms with van der Waals surface area (Å²) in [6.07, 6.45) is -0.258. The molecule has 8 nitrogen and oxygen atoms in total. The first-order valence-corrected chi connectivity index (χ1v) is 13.0. The highest BCUT2D eigenvalue weighted by molar-refractivity contribution is 6.31. The summed E-state index contributed by atoms with van der Waals surface area (Å²) in [7, 11) is 1.85. The third-order valence-corrected chi connectivity index (χ3v) is 6.85. The van der Waals surface area contributed by atoms with Gasteiger partial charge in [0.15, 0.2) is 5.76 Å². The number of fused-ring (bicyclic) bond motifs is 1. The molecule has 0 radical (unpaired) electrons. The molecule has 0 saturated carbocycles. The first-order valence-electron chi connectivity index (χ1n) is 12.6. The molecular formula is C31H30ClN3O5. The van der Waals surface area contributed by atoms with Gasteiger partial charge in [-0.1, -0.05) is 65.3 Å². The maximum atomic E-state index is 10.9. The highest BCUT2D eigenvalue weighted by Crippen LogP contribution is 2.39. The van der Waals surface area contributed by atoms with Crippen molar-refractivity contribution in [3.05, 3.63) is 94.3 Å². The zero-order chi connectivity index (χ0) is 28.8. The Balaban J connectivity index is 0.000000259. The fraction of sp³-hybridized carbons (Fsp3) is 0.194. The number of aromatic nitrogens is 2. The van der Waals surface area contributed by atoms with Crippen molar-refractivity contribution in [1.29, 1.82) is 0 Å². The summed E-state index contributed by atoms with van der Waals surface area (Å²) in [4.78, 5) is 24.4. The highest BCUT2D eigenvalue weighted by Gasteiger charge is 2.19. The summed E-state index contributed by atoms with van der Waals surface area (Å²) in [6.45, 7) is 6.13. The van der Waals surface area contributed by atoms with Gasteiger partial charge in [-0.05, 0) is 55.7 Å². The fourth-order valence-electron chi connectivity index (χ4n) is 4.58. The number of nitrogens with zero attached hydrogens (tertiary/aromatic N) is 1. The van der Waals surface area contributed by atoms with Crippen molar-refractivity contribution in [2.75, 3.05) is 12.4 Å². The smallest absolute Gasteiger partial charge is 0.307 e. The van der Waals surface area contributed by atoms with Gasteiger partial charge in [0.25, 0.3) is 6.47 Å². The van der Waals surface area contributed by atoms with E-state index in [1.807, 2.05) is 69.4 Å². The van der Waals surface area contributed by atoms with E-state index >= 15 is 0 Å². The van der Waals surface area contributed by atoms with E-state index in [2.05, 4.69) is 27.6 Å². The van der Waals surface area contributed by atoms with E-state index in [1.165, 1.54) is 0 Å². The first kappa shape index (κ1) is 28.4. The van der Waals surface area contributed by atoms with E-state index in [-0.39, 0.29) is 12.5 Å². The Kier molecular flexibility index (Phi) is 8.91. The van der Waals surface area contributed by atoms with Crippen LogP contribution in [0.4, 0.5) is 5.69 Å². The molecule has 2 aromatic heterocycles. The van der Waals surface area contributed by atoms with Crippen LogP contribution in [0.15, 0.2) is 71.3 Å². The lowest BCUT2D eigenvalue weighted by molar-refractivity contribution is -0.136. The monoisotopic (exact) mass is 559 g/mol. The zero-order valence-electron chi connectivity index (χ0n) is 22.6. The van der Waals surface area contributed by atoms with Gasteiger partial charge in [0, 0.05) is 34.3 Å². The van der Waals surface area contributed by atoms with Crippen LogP contribution in [0.2, 0.25) is 5.02 Å². The number of aliphatic carboxylic acids is 1. The molecule has 0 amide bonds. The van der Waals surface area contributed by atoms with Gasteiger partial charge < -0.3 is 24.7 Å². The number of anilines is 1. The van der Waals surface area contributed by atoms with Crippen LogP contribution < -0.4 is 5.32 Å². The Morgan fingerprint density at radius 1 is 1.12 bits per heavy atom. The van der Waals surface area contributed by atoms with E-state index in [4.69, 9.17) is 26.0 Å². The fourth-order valence-corrected chi connectivity index (χ4v) is 4.87. The first-order chi connectivity index (χ1) is 19.2. The lowest BCUT2D eigenvalue weighted by atomic mass is 9.96. The second-order valence-corrected chi connectivity index (χ2v) is 9.69. The topological polar surface area (TPSA) is 117 Å². The Hall–Kier alpha value is -4.56. The van der Waals surface area contributed by atoms with Crippen LogP contribution in [-0.4, -0.2) is 34.7 Å². The summed E-state index contributed by atoms with van der Waals surface area (Å²) in [5.74, 6) is -0.126. The number of carboxylic acid groups (broad SMARTS) is 1. The van der Waals surface area contributed by atoms with E-state index < -0.39 is 5.97 Å². The predicted molar refractivity (Wildman–Crippen MR) is 157 cm³/mol. The summed E-state index contributed by atoms with van der Waals surface area (Å²) in [5, 5.41) is 17.9. The molecule has 40 heavy (non-hydrogen) atoms. The van der Waals surface area contributed by atoms with Gasteiger partial charge in [0.05, 0.1) is 11.9 Å². The van der Waals surface area contributed by atoms with E-state index in [9.17, 15) is 9.59 Å². The molecule has 9 heteroatoms. The highest BCUT2D eigenvalue weighted by atomic mass is 35.5. The number of H-pyrrole nitrogens is 1. The summed E-state index contributed by atoms with van der Waals surface area (Å²) >= 11 is 5.86. The average molecular weight is 560 g/mol. The quantitative estimate of drug-likeness (QED) is 0.170. The summed E-state index contributed by atoms with van der Waals surface area (Å²) in [5.41, 5.74) is 8.38. The largest absolute Gasteiger partial charge is 0.481 e. The lowest BCUT2D eigenvalue weighted by Gasteiger charge is -2.10. The minimum absolute atomic E-state index is 0.0233. The van der Waals surface area contributed by atoms with Gasteiger partial charge in [0.1, 0.15) is 17.5 Å². The molecule has 0 aliphatic carbocycles. The molecule has 0 bridgehead atoms. The summed E-state index contributed by atoms with van der Waals surface area (Å²) in [6, 6.07) is 21.1. The van der Waals surface area contributed by atoms with Gasteiger partial charge in [-0.15, -0.1) is 0 Å². The molecule has 5 aromatic rings. The molecular weight excluding hydrogens is 530 g/mol. The lowest BCUT2D eigenvalue weighted by Crippen LogP contribution is -1.99. The summed E-state index contributed by atoms with van der Waals surface area (Å²) < 4.78 is 10.3. The Morgan fingerprint density at radius 3 is 2.48 bits per heavy atom. The van der Waals surface area contributed by atoms with Gasteiger partial charge in [0.2, 0.25) is 0 Å². The number of hydrogen-bond donors (Lipinski definition) is 3. The SMILES string of the molecule is CC(OC=O)c1ccccc1Cl.CNc1c(C)noc1-c1ccc(-c2ccc(CC(=O)O)cc2)c2cc(C)[nH]c12. The number of rotatable bonds is 8. The van der Waals surface area contributed by atoms with Crippen molar-refractivity contribution in [3.8, 4) is 22.5 Å². The number of halogens is 1. The Morgan fingerprint density at radius 2 is 1.82 bits per heavy atom. The van der Waals surface area contributed by atoms with Crippen LogP contribution in [0.3, 0.4) is 0 Å². The molecule has 3 aromatic carbocycles. The van der Waals surface area contributed by atoms with Crippen molar-refractivity contribution >= 4 is 40.6 Å². The van der Waals surface area contributed by atoms with E-state index in [0.29, 0.717) is 17.3 Å². The molecule has 5 rings (SSSR count). The van der Waals surface area contributed by atoms with Crippen LogP contribution in [0, 0.1) is 13.8 Å². The number of nitrogens with one attached hydrogen (secondary N) is 2. The van der Waals surface area contributed by atoms with Gasteiger partial charge in [-0.2, -0.15) is 0 Å². The number of ether oxygens (including phenoxy) is 1. The maximum Gasteiger partial charge on any atom is 0.307 e. The number of carboxylic acids is 1. The maximum absolute atomic E-state index is 10.9. The predicted octanol–water partition coefficient (Wildman–Crippen LogP) is 7.35. The Bertz CT molecular complexity index is 1640. The normalized spacial score (nSPS) is 11.4. The molecule has 206 valence electrons. The number of carbonyl (C=O) groups excluding carboxylic acids is 1. The molecule has 2 heterocycles. The number of aromatic amines is 1. The molecule has 0 fully saturated rings. The van der Waals surface area contributed by atoms with Crippen molar-refractivity contribution in [1.82, 2.24) is 10.1 Å². The number of benzene rings is 3. The van der Waals surface area contributed by atoms with Crippen LogP contribution >= 0.6 is 11.6 Å². The van der Waals surface area contributed by atoms with Gasteiger partial charge in [-0.25, -0.2) is 0 Å². The van der Waals surface area contributed by atoms with Crippen molar-refractivity contribution in [2.45, 2.75) is 33.3 Å². The van der Waals surface area contributed by atoms with Crippen LogP contribution in [-0.2, 0) is 20.7 Å². The average Bonchev–Trinajstić information content (AvgIpc) is 3.50. The van der Waals surface area contributed by atoms with Crippen molar-refractivity contribution in [2.24, 2.45) is 0 Å². The minimum Gasteiger partial charge on any atom is -0.481 e. The zero-order valence-corrected chi connectivity index (χ0v) is 23.4. The van der Waals surface area contributed by atoms with Gasteiger partial charge in [-0.3, -0.25) is 9.59 Å². The van der Waals surface area contributed by atoms with E-state index in [1.54, 1.807) is 13.0 Å². The number of aryl methyl sites for hydroxylation is 2. The van der Waals surface area contributed by atoms with Gasteiger partial charge >= 0.3 is 5.97 Å². The molecule has 0 aliphatic heterocycles. The second-order valence-electron chi connectivity index (χ2n) is 9.29. The number of carbonyl (C=O) groups is 2. The van der Waals surface area contributed by atoms with Crippen LogP contribution in [0.25, 0.3) is 33.4 Å². The molecule has 1 atom stereocenters. The second kappa shape index (κ2) is 12.5. The van der Waals surface area contributed by atoms with Crippen LogP contribution in [0.5, 0.6) is 0 Å². The molecule has 1 unspecified atom stereocenters. The van der Waals surface area contributed by atoms with Crippen molar-refractivity contribution in [3.63, 3.8) is 0 Å². The Labute approximate surface area is 236 Å². The minimum atomic E-state index is -0.830. The number of hydrogen-bond acceptors (Lipinski definition) is 6. The molecule has 0 spiro atoms. The molecule has 0 saturated heterocycles. The third-order valence-electron chi connectivity index (χ3n) is 6.51. The molecule has 3 N–H and O–H groups in total. The standard InChI is InChI=1S/C22H21N3O3.C9H9ClO2/c1-12-10-18-16(15-6-4-14(5-7-15)11-19(26)27)8-9-17(21(18)24-12)22-20(23-3)13(2)25-28-22;1-7(12-6-11)8-4-2-3-5-9(8)10/h4-10,23-24H,11H2,1-3H3,(H,26,27);2-7H,1H3. The van der Waals surface area contributed by atoms with Crippen LogP contribution in [0.1, 0.15) is 35.5 Å².